The minimum Gasteiger partial charge on any atom is -0.448 e. The number of thiocarbonyl (C=S) groups is 1. The number of hydrogen-bond donors (Lipinski definition) is 2. The Morgan fingerprint density at radius 2 is 2.10 bits per heavy atom. The van der Waals surface area contributed by atoms with E-state index in [1.807, 2.05) is 0 Å². The molecule has 1 saturated heterocycles. The zero-order chi connectivity index (χ0) is 14.7. The molecule has 1 aromatic rings. The summed E-state index contributed by atoms with van der Waals surface area (Å²) in [5.74, 6) is -0.271. The molecule has 106 valence electrons. The van der Waals surface area contributed by atoms with E-state index in [9.17, 15) is 9.59 Å². The van der Waals surface area contributed by atoms with Crippen LogP contribution in [0.2, 0.25) is 0 Å². The Labute approximate surface area is 121 Å². The molecule has 0 bridgehead atoms. The molecule has 1 fully saturated rings. The van der Waals surface area contributed by atoms with Crippen molar-refractivity contribution in [1.82, 2.24) is 4.90 Å². The summed E-state index contributed by atoms with van der Waals surface area (Å²) in [5.41, 5.74) is 6.85. The molecular weight excluding hydrogens is 278 g/mol. The van der Waals surface area contributed by atoms with Crippen molar-refractivity contribution in [1.29, 1.82) is 0 Å². The van der Waals surface area contributed by atoms with Gasteiger partial charge in [0.05, 0.1) is 6.54 Å². The van der Waals surface area contributed by atoms with Gasteiger partial charge in [0.2, 0.25) is 5.91 Å². The summed E-state index contributed by atoms with van der Waals surface area (Å²) >= 11 is 4.85. The van der Waals surface area contributed by atoms with Crippen LogP contribution in [-0.4, -0.2) is 41.1 Å². The number of nitrogens with one attached hydrogen (secondary N) is 1. The summed E-state index contributed by atoms with van der Waals surface area (Å²) in [5, 5.41) is 2.73. The van der Waals surface area contributed by atoms with E-state index in [1.165, 1.54) is 4.90 Å². The molecule has 2 rings (SSSR count). The highest BCUT2D eigenvalue weighted by Gasteiger charge is 2.31. The van der Waals surface area contributed by atoms with Crippen LogP contribution in [-0.2, 0) is 9.53 Å². The summed E-state index contributed by atoms with van der Waals surface area (Å²) in [6.07, 6.45) is -0.462. The smallest absolute Gasteiger partial charge is 0.410 e. The fourth-order valence-corrected chi connectivity index (χ4v) is 2.00. The lowest BCUT2D eigenvalue weighted by molar-refractivity contribution is -0.119. The second kappa shape index (κ2) is 5.87. The molecule has 0 spiro atoms. The highest BCUT2D eigenvalue weighted by Crippen LogP contribution is 2.13. The molecule has 0 aliphatic carbocycles. The molecule has 1 heterocycles. The zero-order valence-corrected chi connectivity index (χ0v) is 11.8. The predicted molar refractivity (Wildman–Crippen MR) is 78.5 cm³/mol. The number of nitrogens with two attached hydrogens (primary N) is 1. The average Bonchev–Trinajstić information content (AvgIpc) is 2.84. The van der Waals surface area contributed by atoms with E-state index in [1.54, 1.807) is 31.2 Å². The normalized spacial score (nSPS) is 15.7. The van der Waals surface area contributed by atoms with Crippen LogP contribution in [0.4, 0.5) is 10.5 Å². The summed E-state index contributed by atoms with van der Waals surface area (Å²) < 4.78 is 4.81. The third-order valence-corrected chi connectivity index (χ3v) is 3.31. The molecular formula is C13H15N3O3S. The first-order valence-electron chi connectivity index (χ1n) is 6.13. The number of carbonyl (C=O) groups excluding carboxylic acids is 2. The number of amides is 2. The third kappa shape index (κ3) is 3.05. The molecule has 6 nitrogen and oxygen atoms in total. The van der Waals surface area contributed by atoms with E-state index in [4.69, 9.17) is 22.7 Å². The Hall–Kier alpha value is -2.15. The van der Waals surface area contributed by atoms with E-state index in [-0.39, 0.29) is 5.91 Å². The second-order valence-corrected chi connectivity index (χ2v) is 4.85. The summed E-state index contributed by atoms with van der Waals surface area (Å²) in [4.78, 5) is 25.1. The molecule has 20 heavy (non-hydrogen) atoms. The van der Waals surface area contributed by atoms with Crippen molar-refractivity contribution < 1.29 is 14.3 Å². The van der Waals surface area contributed by atoms with Gasteiger partial charge in [-0.2, -0.15) is 0 Å². The van der Waals surface area contributed by atoms with E-state index < -0.39 is 12.1 Å². The molecule has 0 radical (unpaired) electrons. The molecule has 2 amide bonds. The molecule has 1 unspecified atom stereocenters. The third-order valence-electron chi connectivity index (χ3n) is 3.08. The molecule has 0 saturated carbocycles. The van der Waals surface area contributed by atoms with Crippen molar-refractivity contribution in [3.8, 4) is 0 Å². The van der Waals surface area contributed by atoms with Gasteiger partial charge in [-0.3, -0.25) is 9.69 Å². The van der Waals surface area contributed by atoms with Crippen LogP contribution >= 0.6 is 12.2 Å². The highest BCUT2D eigenvalue weighted by atomic mass is 32.1. The number of carbonyl (C=O) groups is 2. The molecule has 1 aliphatic rings. The first-order chi connectivity index (χ1) is 9.49. The Balaban J connectivity index is 2.00. The van der Waals surface area contributed by atoms with Crippen molar-refractivity contribution in [3.63, 3.8) is 0 Å². The van der Waals surface area contributed by atoms with Gasteiger partial charge in [-0.25, -0.2) is 4.79 Å². The lowest BCUT2D eigenvalue weighted by Gasteiger charge is -2.20. The fourth-order valence-electron chi connectivity index (χ4n) is 1.86. The quantitative estimate of drug-likeness (QED) is 0.812. The molecule has 1 aromatic carbocycles. The van der Waals surface area contributed by atoms with Crippen molar-refractivity contribution in [2.24, 2.45) is 5.73 Å². The number of ether oxygens (including phenoxy) is 1. The van der Waals surface area contributed by atoms with Gasteiger partial charge in [0, 0.05) is 11.3 Å². The summed E-state index contributed by atoms with van der Waals surface area (Å²) in [6.45, 7) is 2.40. The first-order valence-corrected chi connectivity index (χ1v) is 6.54. The van der Waals surface area contributed by atoms with Crippen molar-refractivity contribution in [3.05, 3.63) is 29.8 Å². The summed E-state index contributed by atoms with van der Waals surface area (Å²) in [7, 11) is 0. The van der Waals surface area contributed by atoms with Gasteiger partial charge in [0.25, 0.3) is 0 Å². The Morgan fingerprint density at radius 3 is 2.60 bits per heavy atom. The maximum Gasteiger partial charge on any atom is 0.410 e. The maximum atomic E-state index is 12.1. The minimum atomic E-state index is -0.583. The van der Waals surface area contributed by atoms with Crippen LogP contribution in [0.5, 0.6) is 0 Å². The van der Waals surface area contributed by atoms with E-state index >= 15 is 0 Å². The average molecular weight is 293 g/mol. The highest BCUT2D eigenvalue weighted by molar-refractivity contribution is 7.80. The standard InChI is InChI=1S/C13H15N3O3S/c1-8(16-6-7-19-13(16)18)12(17)15-10-4-2-9(3-5-10)11(14)20/h2-5,8H,6-7H2,1H3,(H2,14,20)(H,15,17). The lowest BCUT2D eigenvalue weighted by atomic mass is 10.2. The van der Waals surface area contributed by atoms with Gasteiger partial charge < -0.3 is 15.8 Å². The maximum absolute atomic E-state index is 12.1. The van der Waals surface area contributed by atoms with Crippen molar-refractivity contribution in [2.75, 3.05) is 18.5 Å². The van der Waals surface area contributed by atoms with Gasteiger partial charge in [-0.05, 0) is 31.2 Å². The van der Waals surface area contributed by atoms with Crippen LogP contribution in [0.1, 0.15) is 12.5 Å². The molecule has 7 heteroatoms. The van der Waals surface area contributed by atoms with Crippen LogP contribution in [0.25, 0.3) is 0 Å². The van der Waals surface area contributed by atoms with Crippen LogP contribution in [0.3, 0.4) is 0 Å². The lowest BCUT2D eigenvalue weighted by Crippen LogP contribution is -2.42. The Morgan fingerprint density at radius 1 is 1.45 bits per heavy atom. The number of hydrogen-bond acceptors (Lipinski definition) is 4. The molecule has 3 N–H and O–H groups in total. The number of rotatable bonds is 4. The largest absolute Gasteiger partial charge is 0.448 e. The zero-order valence-electron chi connectivity index (χ0n) is 11.0. The van der Waals surface area contributed by atoms with Gasteiger partial charge in [-0.1, -0.05) is 12.2 Å². The van der Waals surface area contributed by atoms with Gasteiger partial charge in [-0.15, -0.1) is 0 Å². The van der Waals surface area contributed by atoms with E-state index in [0.717, 1.165) is 5.56 Å². The molecule has 1 atom stereocenters. The minimum absolute atomic E-state index is 0.271. The Kier molecular flexibility index (Phi) is 4.19. The predicted octanol–water partition coefficient (Wildman–Crippen LogP) is 1.10. The number of cyclic esters (lactones) is 1. The number of nitrogens with zero attached hydrogens (tertiary/aromatic N) is 1. The van der Waals surface area contributed by atoms with Gasteiger partial charge in [0.1, 0.15) is 17.6 Å². The Bertz CT molecular complexity index is 544. The number of benzene rings is 1. The summed E-state index contributed by atoms with van der Waals surface area (Å²) in [6, 6.07) is 6.29. The SMILES string of the molecule is CC(C(=O)Nc1ccc(C(N)=S)cc1)N1CCOC1=O. The number of anilines is 1. The molecule has 1 aliphatic heterocycles. The molecule has 0 aromatic heterocycles. The van der Waals surface area contributed by atoms with Crippen LogP contribution in [0.15, 0.2) is 24.3 Å². The first kappa shape index (κ1) is 14.3. The van der Waals surface area contributed by atoms with Crippen LogP contribution < -0.4 is 11.1 Å². The monoisotopic (exact) mass is 293 g/mol. The van der Waals surface area contributed by atoms with Crippen molar-refractivity contribution >= 4 is 34.9 Å². The van der Waals surface area contributed by atoms with E-state index in [0.29, 0.717) is 23.8 Å². The second-order valence-electron chi connectivity index (χ2n) is 4.41. The topological polar surface area (TPSA) is 84.7 Å². The fraction of sp³-hybridized carbons (Fsp3) is 0.308. The van der Waals surface area contributed by atoms with Crippen LogP contribution in [0, 0.1) is 0 Å². The van der Waals surface area contributed by atoms with Gasteiger partial charge >= 0.3 is 6.09 Å². The van der Waals surface area contributed by atoms with Gasteiger partial charge in [0.15, 0.2) is 0 Å². The van der Waals surface area contributed by atoms with Crippen molar-refractivity contribution in [2.45, 2.75) is 13.0 Å². The van der Waals surface area contributed by atoms with E-state index in [2.05, 4.69) is 5.32 Å².